The van der Waals surface area contributed by atoms with Crippen molar-refractivity contribution >= 4 is 5.91 Å². The molecule has 0 aromatic heterocycles. The zero-order valence-corrected chi connectivity index (χ0v) is 11.2. The van der Waals surface area contributed by atoms with Gasteiger partial charge < -0.3 is 15.0 Å². The first-order chi connectivity index (χ1) is 8.27. The molecule has 4 nitrogen and oxygen atoms in total. The molecule has 17 heavy (non-hydrogen) atoms. The van der Waals surface area contributed by atoms with E-state index in [2.05, 4.69) is 12.2 Å². The lowest BCUT2D eigenvalue weighted by Gasteiger charge is -2.30. The van der Waals surface area contributed by atoms with Crippen molar-refractivity contribution in [3.8, 4) is 0 Å². The second-order valence-electron chi connectivity index (χ2n) is 4.78. The van der Waals surface area contributed by atoms with Gasteiger partial charge in [-0.3, -0.25) is 4.79 Å². The molecule has 100 valence electrons. The van der Waals surface area contributed by atoms with Gasteiger partial charge in [-0.05, 0) is 38.3 Å². The number of nitrogens with zero attached hydrogens (tertiary/aromatic N) is 1. The SMILES string of the molecule is CCCN(CC1CCNCC1)C(=O)CCOC. The van der Waals surface area contributed by atoms with Crippen LogP contribution in [0, 0.1) is 5.92 Å². The molecule has 0 unspecified atom stereocenters. The highest BCUT2D eigenvalue weighted by molar-refractivity contribution is 5.76. The lowest BCUT2D eigenvalue weighted by molar-refractivity contribution is -0.133. The number of carbonyl (C=O) groups excluding carboxylic acids is 1. The summed E-state index contributed by atoms with van der Waals surface area (Å²) in [5, 5.41) is 3.36. The number of amides is 1. The van der Waals surface area contributed by atoms with Crippen LogP contribution in [0.2, 0.25) is 0 Å². The van der Waals surface area contributed by atoms with Crippen LogP contribution < -0.4 is 5.32 Å². The maximum Gasteiger partial charge on any atom is 0.224 e. The first-order valence-corrected chi connectivity index (χ1v) is 6.75. The molecule has 4 heteroatoms. The average molecular weight is 242 g/mol. The predicted molar refractivity (Wildman–Crippen MR) is 69.0 cm³/mol. The first kappa shape index (κ1) is 14.5. The molecule has 0 aromatic carbocycles. The van der Waals surface area contributed by atoms with E-state index in [4.69, 9.17) is 4.74 Å². The number of nitrogens with one attached hydrogen (secondary N) is 1. The van der Waals surface area contributed by atoms with E-state index in [1.165, 1.54) is 12.8 Å². The summed E-state index contributed by atoms with van der Waals surface area (Å²) in [5.74, 6) is 0.918. The van der Waals surface area contributed by atoms with Crippen LogP contribution in [0.4, 0.5) is 0 Å². The minimum absolute atomic E-state index is 0.243. The number of rotatable bonds is 7. The highest BCUT2D eigenvalue weighted by atomic mass is 16.5. The molecule has 1 saturated heterocycles. The Morgan fingerprint density at radius 1 is 1.41 bits per heavy atom. The van der Waals surface area contributed by atoms with E-state index < -0.39 is 0 Å². The number of piperidine rings is 1. The first-order valence-electron chi connectivity index (χ1n) is 6.75. The van der Waals surface area contributed by atoms with Gasteiger partial charge >= 0.3 is 0 Å². The number of ether oxygens (including phenoxy) is 1. The third-order valence-electron chi connectivity index (χ3n) is 3.30. The summed E-state index contributed by atoms with van der Waals surface area (Å²) in [6, 6.07) is 0. The van der Waals surface area contributed by atoms with Crippen LogP contribution in [-0.2, 0) is 9.53 Å². The molecule has 1 aliphatic heterocycles. The number of hydrogen-bond donors (Lipinski definition) is 1. The average Bonchev–Trinajstić information content (AvgIpc) is 2.36. The maximum atomic E-state index is 12.0. The molecule has 0 atom stereocenters. The quantitative estimate of drug-likeness (QED) is 0.731. The van der Waals surface area contributed by atoms with Crippen molar-refractivity contribution in [3.63, 3.8) is 0 Å². The largest absolute Gasteiger partial charge is 0.384 e. The van der Waals surface area contributed by atoms with Gasteiger partial charge in [0.2, 0.25) is 5.91 Å². The van der Waals surface area contributed by atoms with Crippen LogP contribution in [0.1, 0.15) is 32.6 Å². The maximum absolute atomic E-state index is 12.0. The van der Waals surface area contributed by atoms with Crippen molar-refractivity contribution in [1.29, 1.82) is 0 Å². The van der Waals surface area contributed by atoms with Crippen LogP contribution in [0.25, 0.3) is 0 Å². The second-order valence-corrected chi connectivity index (χ2v) is 4.78. The minimum Gasteiger partial charge on any atom is -0.384 e. The Labute approximate surface area is 105 Å². The van der Waals surface area contributed by atoms with E-state index in [1.54, 1.807) is 7.11 Å². The summed E-state index contributed by atoms with van der Waals surface area (Å²) < 4.78 is 4.97. The van der Waals surface area contributed by atoms with Gasteiger partial charge in [-0.15, -0.1) is 0 Å². The standard InChI is InChI=1S/C13H26N2O2/c1-3-9-15(13(16)6-10-17-2)11-12-4-7-14-8-5-12/h12,14H,3-11H2,1-2H3. The summed E-state index contributed by atoms with van der Waals surface area (Å²) in [5.41, 5.74) is 0. The molecule has 0 aliphatic carbocycles. The van der Waals surface area contributed by atoms with Crippen LogP contribution >= 0.6 is 0 Å². The molecule has 1 aliphatic rings. The number of hydrogen-bond acceptors (Lipinski definition) is 3. The Hall–Kier alpha value is -0.610. The summed E-state index contributed by atoms with van der Waals surface area (Å²) in [4.78, 5) is 14.0. The van der Waals surface area contributed by atoms with Gasteiger partial charge in [0, 0.05) is 20.2 Å². The molecule has 0 aromatic rings. The van der Waals surface area contributed by atoms with Crippen molar-refractivity contribution in [2.45, 2.75) is 32.6 Å². The third-order valence-corrected chi connectivity index (χ3v) is 3.30. The third kappa shape index (κ3) is 5.50. The van der Waals surface area contributed by atoms with Crippen molar-refractivity contribution in [1.82, 2.24) is 10.2 Å². The van der Waals surface area contributed by atoms with Gasteiger partial charge in [-0.1, -0.05) is 6.92 Å². The molecule has 0 spiro atoms. The lowest BCUT2D eigenvalue weighted by atomic mass is 9.97. The highest BCUT2D eigenvalue weighted by Gasteiger charge is 2.19. The fourth-order valence-corrected chi connectivity index (χ4v) is 2.31. The van der Waals surface area contributed by atoms with Gasteiger partial charge in [-0.25, -0.2) is 0 Å². The van der Waals surface area contributed by atoms with E-state index in [1.807, 2.05) is 4.90 Å². The van der Waals surface area contributed by atoms with E-state index in [0.29, 0.717) is 18.9 Å². The van der Waals surface area contributed by atoms with Crippen LogP contribution in [0.5, 0.6) is 0 Å². The molecule has 0 saturated carbocycles. The fourth-order valence-electron chi connectivity index (χ4n) is 2.31. The predicted octanol–water partition coefficient (Wildman–Crippen LogP) is 1.26. The Bertz CT molecular complexity index is 215. The fraction of sp³-hybridized carbons (Fsp3) is 0.923. The van der Waals surface area contributed by atoms with Crippen LogP contribution in [0.15, 0.2) is 0 Å². The monoisotopic (exact) mass is 242 g/mol. The summed E-state index contributed by atoms with van der Waals surface area (Å²) in [6.07, 6.45) is 3.93. The minimum atomic E-state index is 0.243. The number of carbonyl (C=O) groups is 1. The molecule has 1 heterocycles. The molecular formula is C13H26N2O2. The Morgan fingerprint density at radius 2 is 2.12 bits per heavy atom. The highest BCUT2D eigenvalue weighted by Crippen LogP contribution is 2.14. The number of methoxy groups -OCH3 is 1. The molecule has 1 rings (SSSR count). The molecule has 0 bridgehead atoms. The van der Waals surface area contributed by atoms with Gasteiger partial charge in [0.1, 0.15) is 0 Å². The van der Waals surface area contributed by atoms with Crippen molar-refractivity contribution in [2.24, 2.45) is 5.92 Å². The van der Waals surface area contributed by atoms with E-state index >= 15 is 0 Å². The van der Waals surface area contributed by atoms with Crippen molar-refractivity contribution in [3.05, 3.63) is 0 Å². The lowest BCUT2D eigenvalue weighted by Crippen LogP contribution is -2.40. The molecule has 1 amide bonds. The van der Waals surface area contributed by atoms with Crippen molar-refractivity contribution < 1.29 is 9.53 Å². The molecular weight excluding hydrogens is 216 g/mol. The molecule has 1 fully saturated rings. The molecule has 1 N–H and O–H groups in total. The smallest absolute Gasteiger partial charge is 0.224 e. The van der Waals surface area contributed by atoms with E-state index in [0.717, 1.165) is 32.6 Å². The van der Waals surface area contributed by atoms with Gasteiger partial charge in [0.25, 0.3) is 0 Å². The van der Waals surface area contributed by atoms with E-state index in [9.17, 15) is 4.79 Å². The summed E-state index contributed by atoms with van der Waals surface area (Å²) in [6.45, 7) is 6.66. The zero-order valence-electron chi connectivity index (χ0n) is 11.2. The Morgan fingerprint density at radius 3 is 2.71 bits per heavy atom. The second kappa shape index (κ2) is 8.48. The van der Waals surface area contributed by atoms with Crippen LogP contribution in [0.3, 0.4) is 0 Å². The zero-order chi connectivity index (χ0) is 12.5. The summed E-state index contributed by atoms with van der Waals surface area (Å²) >= 11 is 0. The van der Waals surface area contributed by atoms with Gasteiger partial charge in [-0.2, -0.15) is 0 Å². The Kier molecular flexibility index (Phi) is 7.21. The van der Waals surface area contributed by atoms with Gasteiger partial charge in [0.15, 0.2) is 0 Å². The van der Waals surface area contributed by atoms with Crippen molar-refractivity contribution in [2.75, 3.05) is 39.9 Å². The van der Waals surface area contributed by atoms with E-state index in [-0.39, 0.29) is 5.91 Å². The van der Waals surface area contributed by atoms with Gasteiger partial charge in [0.05, 0.1) is 13.0 Å². The van der Waals surface area contributed by atoms with Crippen LogP contribution in [-0.4, -0.2) is 50.7 Å². The topological polar surface area (TPSA) is 41.6 Å². The normalized spacial score (nSPS) is 17.1. The molecule has 0 radical (unpaired) electrons. The summed E-state index contributed by atoms with van der Waals surface area (Å²) in [7, 11) is 1.64. The Balaban J connectivity index is 2.37.